The van der Waals surface area contributed by atoms with Crippen molar-refractivity contribution in [1.82, 2.24) is 4.90 Å². The number of benzene rings is 2. The van der Waals surface area contributed by atoms with Crippen molar-refractivity contribution >= 4 is 29.1 Å². The molecule has 152 valence electrons. The maximum atomic E-state index is 12.3. The van der Waals surface area contributed by atoms with Crippen molar-refractivity contribution in [3.05, 3.63) is 53.6 Å². The molecule has 0 saturated carbocycles. The minimum atomic E-state index is 0.0109. The Bertz CT molecular complexity index is 913. The molecule has 1 aliphatic heterocycles. The number of amides is 1. The number of ether oxygens (including phenoxy) is 3. The highest BCUT2D eigenvalue weighted by molar-refractivity contribution is 8.15. The van der Waals surface area contributed by atoms with Crippen LogP contribution >= 0.6 is 11.8 Å². The minimum Gasteiger partial charge on any atom is -0.494 e. The van der Waals surface area contributed by atoms with Gasteiger partial charge in [0, 0.05) is 5.56 Å². The van der Waals surface area contributed by atoms with Crippen LogP contribution in [0.3, 0.4) is 0 Å². The van der Waals surface area contributed by atoms with Gasteiger partial charge in [0.15, 0.2) is 16.7 Å². The number of hydrogen-bond acceptors (Lipinski definition) is 7. The van der Waals surface area contributed by atoms with E-state index in [1.165, 1.54) is 11.8 Å². The van der Waals surface area contributed by atoms with E-state index in [1.54, 1.807) is 25.3 Å². The summed E-state index contributed by atoms with van der Waals surface area (Å²) in [6.07, 6.45) is 1.59. The van der Waals surface area contributed by atoms with Crippen LogP contribution in [0.15, 0.2) is 52.7 Å². The van der Waals surface area contributed by atoms with Gasteiger partial charge in [-0.3, -0.25) is 9.69 Å². The Hall–Kier alpha value is -3.00. The Balaban J connectivity index is 1.74. The van der Waals surface area contributed by atoms with E-state index < -0.39 is 0 Å². The Morgan fingerprint density at radius 1 is 1.14 bits per heavy atom. The van der Waals surface area contributed by atoms with Crippen LogP contribution in [0, 0.1) is 0 Å². The van der Waals surface area contributed by atoms with Crippen LogP contribution in [0.4, 0.5) is 0 Å². The van der Waals surface area contributed by atoms with Crippen molar-refractivity contribution in [3.63, 3.8) is 0 Å². The molecule has 1 saturated heterocycles. The first-order valence-electron chi connectivity index (χ1n) is 9.13. The van der Waals surface area contributed by atoms with Gasteiger partial charge in [-0.25, -0.2) is 0 Å². The molecule has 0 radical (unpaired) electrons. The monoisotopic (exact) mass is 413 g/mol. The first-order valence-corrected chi connectivity index (χ1v) is 10.1. The smallest absolute Gasteiger partial charge is 0.239 e. The van der Waals surface area contributed by atoms with Crippen molar-refractivity contribution in [2.24, 2.45) is 10.2 Å². The molecule has 0 atom stereocenters. The lowest BCUT2D eigenvalue weighted by Gasteiger charge is -2.15. The van der Waals surface area contributed by atoms with Gasteiger partial charge in [0.2, 0.25) is 5.91 Å². The summed E-state index contributed by atoms with van der Waals surface area (Å²) in [6.45, 7) is 3.00. The van der Waals surface area contributed by atoms with E-state index in [0.29, 0.717) is 35.6 Å². The Kier molecular flexibility index (Phi) is 7.13. The summed E-state index contributed by atoms with van der Waals surface area (Å²) in [5.41, 5.74) is 1.74. The van der Waals surface area contributed by atoms with Gasteiger partial charge < -0.3 is 14.2 Å². The van der Waals surface area contributed by atoms with Crippen LogP contribution < -0.4 is 14.2 Å². The van der Waals surface area contributed by atoms with Crippen LogP contribution in [-0.2, 0) is 11.3 Å². The Morgan fingerprint density at radius 2 is 1.93 bits per heavy atom. The van der Waals surface area contributed by atoms with Crippen LogP contribution in [0.25, 0.3) is 0 Å². The highest BCUT2D eigenvalue weighted by Gasteiger charge is 2.28. The molecule has 0 unspecified atom stereocenters. The van der Waals surface area contributed by atoms with E-state index in [9.17, 15) is 4.79 Å². The van der Waals surface area contributed by atoms with E-state index >= 15 is 0 Å². The standard InChI is InChI=1S/C21H23N3O4S/c1-4-28-17-10-8-15(9-11-17)13-24-19(25)14-29-21(24)23-22-12-16-6-5-7-18(26-2)20(16)27-3/h5-12H,4,13-14H2,1-3H3/b22-12+,23-21+. The van der Waals surface area contributed by atoms with Gasteiger partial charge in [-0.05, 0) is 36.8 Å². The number of hydrogen-bond donors (Lipinski definition) is 0. The van der Waals surface area contributed by atoms with Crippen LogP contribution in [-0.4, -0.2) is 48.8 Å². The normalized spacial score (nSPS) is 15.3. The highest BCUT2D eigenvalue weighted by atomic mass is 32.2. The predicted molar refractivity (Wildman–Crippen MR) is 115 cm³/mol. The second kappa shape index (κ2) is 9.97. The molecule has 8 heteroatoms. The van der Waals surface area contributed by atoms with Gasteiger partial charge in [-0.2, -0.15) is 5.10 Å². The summed E-state index contributed by atoms with van der Waals surface area (Å²) in [4.78, 5) is 13.9. The lowest BCUT2D eigenvalue weighted by Crippen LogP contribution is -2.28. The fourth-order valence-electron chi connectivity index (χ4n) is 2.82. The van der Waals surface area contributed by atoms with E-state index in [2.05, 4.69) is 10.2 Å². The number of thioether (sulfide) groups is 1. The molecule has 29 heavy (non-hydrogen) atoms. The average Bonchev–Trinajstić information content (AvgIpc) is 3.08. The van der Waals surface area contributed by atoms with Crippen molar-refractivity contribution < 1.29 is 19.0 Å². The first kappa shape index (κ1) is 20.7. The summed E-state index contributed by atoms with van der Waals surface area (Å²) >= 11 is 1.37. The fourth-order valence-corrected chi connectivity index (χ4v) is 3.66. The topological polar surface area (TPSA) is 72.7 Å². The molecular weight excluding hydrogens is 390 g/mol. The molecule has 0 spiro atoms. The number of nitrogens with zero attached hydrogens (tertiary/aromatic N) is 3. The van der Waals surface area contributed by atoms with Gasteiger partial charge in [0.25, 0.3) is 0 Å². The molecule has 1 fully saturated rings. The second-order valence-corrected chi connectivity index (χ2v) is 7.00. The number of amidine groups is 1. The fraction of sp³-hybridized carbons (Fsp3) is 0.286. The van der Waals surface area contributed by atoms with Crippen LogP contribution in [0.1, 0.15) is 18.1 Å². The first-order chi connectivity index (χ1) is 14.2. The van der Waals surface area contributed by atoms with Crippen molar-refractivity contribution in [2.45, 2.75) is 13.5 Å². The van der Waals surface area contributed by atoms with Crippen molar-refractivity contribution in [3.8, 4) is 17.2 Å². The van der Waals surface area contributed by atoms with Gasteiger partial charge in [0.1, 0.15) is 5.75 Å². The maximum absolute atomic E-state index is 12.3. The third-order valence-corrected chi connectivity index (χ3v) is 5.16. The SMILES string of the molecule is CCOc1ccc(CN2C(=O)CS/C2=N/N=C/c2cccc(OC)c2OC)cc1. The number of para-hydroxylation sites is 1. The highest BCUT2D eigenvalue weighted by Crippen LogP contribution is 2.29. The van der Waals surface area contributed by atoms with Gasteiger partial charge >= 0.3 is 0 Å². The third-order valence-electron chi connectivity index (χ3n) is 4.21. The van der Waals surface area contributed by atoms with Crippen molar-refractivity contribution in [1.29, 1.82) is 0 Å². The predicted octanol–water partition coefficient (Wildman–Crippen LogP) is 3.57. The van der Waals surface area contributed by atoms with E-state index in [1.807, 2.05) is 49.4 Å². The van der Waals surface area contributed by atoms with E-state index in [0.717, 1.165) is 16.9 Å². The molecule has 7 nitrogen and oxygen atoms in total. The number of rotatable bonds is 8. The summed E-state index contributed by atoms with van der Waals surface area (Å²) in [7, 11) is 3.16. The van der Waals surface area contributed by atoms with E-state index in [-0.39, 0.29) is 5.91 Å². The number of carbonyl (C=O) groups excluding carboxylic acids is 1. The number of methoxy groups -OCH3 is 2. The molecule has 1 amide bonds. The molecule has 2 aromatic rings. The summed E-state index contributed by atoms with van der Waals surface area (Å²) in [6, 6.07) is 13.2. The summed E-state index contributed by atoms with van der Waals surface area (Å²) < 4.78 is 16.1. The van der Waals surface area contributed by atoms with Gasteiger partial charge in [-0.1, -0.05) is 30.0 Å². The lowest BCUT2D eigenvalue weighted by atomic mass is 10.2. The third kappa shape index (κ3) is 5.08. The molecule has 1 heterocycles. The van der Waals surface area contributed by atoms with Gasteiger partial charge in [0.05, 0.1) is 39.3 Å². The maximum Gasteiger partial charge on any atom is 0.239 e. The Morgan fingerprint density at radius 3 is 2.62 bits per heavy atom. The Labute approximate surface area is 174 Å². The molecule has 0 aromatic heterocycles. The zero-order valence-corrected chi connectivity index (χ0v) is 17.4. The molecule has 3 rings (SSSR count). The number of carbonyl (C=O) groups is 1. The molecule has 1 aliphatic rings. The largest absolute Gasteiger partial charge is 0.494 e. The van der Waals surface area contributed by atoms with Crippen LogP contribution in [0.2, 0.25) is 0 Å². The van der Waals surface area contributed by atoms with Gasteiger partial charge in [-0.15, -0.1) is 5.10 Å². The summed E-state index contributed by atoms with van der Waals surface area (Å²) in [5.74, 6) is 2.38. The zero-order valence-electron chi connectivity index (χ0n) is 16.6. The zero-order chi connectivity index (χ0) is 20.6. The molecule has 0 bridgehead atoms. The van der Waals surface area contributed by atoms with Crippen molar-refractivity contribution in [2.75, 3.05) is 26.6 Å². The lowest BCUT2D eigenvalue weighted by molar-refractivity contribution is -0.124. The minimum absolute atomic E-state index is 0.0109. The summed E-state index contributed by atoms with van der Waals surface area (Å²) in [5, 5.41) is 8.99. The second-order valence-electron chi connectivity index (χ2n) is 6.06. The average molecular weight is 413 g/mol. The molecule has 2 aromatic carbocycles. The molecular formula is C21H23N3O4S. The molecule has 0 aliphatic carbocycles. The quantitative estimate of drug-likeness (QED) is 0.489. The molecule has 0 N–H and O–H groups in total. The van der Waals surface area contributed by atoms with Crippen LogP contribution in [0.5, 0.6) is 17.2 Å². The van der Waals surface area contributed by atoms with E-state index in [4.69, 9.17) is 14.2 Å².